The van der Waals surface area contributed by atoms with Gasteiger partial charge in [0.15, 0.2) is 5.82 Å². The van der Waals surface area contributed by atoms with Gasteiger partial charge >= 0.3 is 0 Å². The Kier molecular flexibility index (Phi) is 4.63. The second-order valence-corrected chi connectivity index (χ2v) is 5.74. The Morgan fingerprint density at radius 3 is 2.78 bits per heavy atom. The highest BCUT2D eigenvalue weighted by Gasteiger charge is 2.10. The maximum atomic E-state index is 5.82. The summed E-state index contributed by atoms with van der Waals surface area (Å²) in [5.41, 5.74) is 6.42. The minimum Gasteiger partial charge on any atom is -0.334 e. The molecule has 6 heteroatoms. The van der Waals surface area contributed by atoms with Gasteiger partial charge < -0.3 is 10.3 Å². The molecule has 0 aliphatic rings. The van der Waals surface area contributed by atoms with E-state index >= 15 is 0 Å². The number of hydrogen-bond donors (Lipinski definition) is 1. The SMILES string of the molecule is CC(CN)SCc1noc(-c2ccc(Cl)cc2)n1. The molecule has 0 aliphatic carbocycles. The van der Waals surface area contributed by atoms with Crippen LogP contribution in [0.25, 0.3) is 11.5 Å². The third-order valence-electron chi connectivity index (χ3n) is 2.39. The summed E-state index contributed by atoms with van der Waals surface area (Å²) < 4.78 is 5.21. The molecule has 0 saturated heterocycles. The highest BCUT2D eigenvalue weighted by molar-refractivity contribution is 7.99. The summed E-state index contributed by atoms with van der Waals surface area (Å²) in [4.78, 5) is 4.33. The van der Waals surface area contributed by atoms with Crippen LogP contribution in [-0.4, -0.2) is 21.9 Å². The minimum absolute atomic E-state index is 0.391. The van der Waals surface area contributed by atoms with Gasteiger partial charge in [0.1, 0.15) is 0 Å². The molecule has 0 aliphatic heterocycles. The summed E-state index contributed by atoms with van der Waals surface area (Å²) in [6.45, 7) is 2.72. The van der Waals surface area contributed by atoms with Gasteiger partial charge in [-0.05, 0) is 24.3 Å². The zero-order chi connectivity index (χ0) is 13.0. The predicted octanol–water partition coefficient (Wildman–Crippen LogP) is 2.97. The van der Waals surface area contributed by atoms with Crippen molar-refractivity contribution >= 4 is 23.4 Å². The first-order chi connectivity index (χ1) is 8.69. The topological polar surface area (TPSA) is 64.9 Å². The lowest BCUT2D eigenvalue weighted by Crippen LogP contribution is -2.12. The lowest BCUT2D eigenvalue weighted by atomic mass is 10.2. The van der Waals surface area contributed by atoms with Crippen LogP contribution in [-0.2, 0) is 5.75 Å². The van der Waals surface area contributed by atoms with E-state index in [4.69, 9.17) is 21.9 Å². The number of halogens is 1. The Morgan fingerprint density at radius 2 is 2.11 bits per heavy atom. The maximum absolute atomic E-state index is 5.82. The molecule has 0 radical (unpaired) electrons. The van der Waals surface area contributed by atoms with Gasteiger partial charge in [-0.2, -0.15) is 4.98 Å². The van der Waals surface area contributed by atoms with Crippen LogP contribution in [0.5, 0.6) is 0 Å². The fourth-order valence-electron chi connectivity index (χ4n) is 1.31. The molecule has 18 heavy (non-hydrogen) atoms. The molecule has 0 amide bonds. The van der Waals surface area contributed by atoms with Crippen molar-refractivity contribution in [1.29, 1.82) is 0 Å². The summed E-state index contributed by atoms with van der Waals surface area (Å²) in [7, 11) is 0. The first kappa shape index (κ1) is 13.4. The molecule has 1 heterocycles. The van der Waals surface area contributed by atoms with Crippen molar-refractivity contribution in [1.82, 2.24) is 10.1 Å². The van der Waals surface area contributed by atoms with Crippen LogP contribution in [0.3, 0.4) is 0 Å². The molecular formula is C12H14ClN3OS. The zero-order valence-corrected chi connectivity index (χ0v) is 11.5. The van der Waals surface area contributed by atoms with Gasteiger partial charge in [0.05, 0.1) is 5.75 Å². The van der Waals surface area contributed by atoms with Gasteiger partial charge in [-0.15, -0.1) is 11.8 Å². The summed E-state index contributed by atoms with van der Waals surface area (Å²) in [5, 5.41) is 5.02. The number of nitrogens with two attached hydrogens (primary N) is 1. The van der Waals surface area contributed by atoms with Crippen LogP contribution in [0.2, 0.25) is 5.02 Å². The Hall–Kier alpha value is -1.04. The van der Waals surface area contributed by atoms with E-state index in [-0.39, 0.29) is 0 Å². The summed E-state index contributed by atoms with van der Waals surface area (Å²) in [5.74, 6) is 1.91. The highest BCUT2D eigenvalue weighted by atomic mass is 35.5. The maximum Gasteiger partial charge on any atom is 0.257 e. The van der Waals surface area contributed by atoms with Crippen LogP contribution in [0.1, 0.15) is 12.7 Å². The van der Waals surface area contributed by atoms with Crippen LogP contribution in [0.15, 0.2) is 28.8 Å². The normalized spacial score (nSPS) is 12.6. The van der Waals surface area contributed by atoms with Gasteiger partial charge in [-0.3, -0.25) is 0 Å². The van der Waals surface area contributed by atoms with Crippen molar-refractivity contribution in [3.8, 4) is 11.5 Å². The van der Waals surface area contributed by atoms with Gasteiger partial charge in [0.2, 0.25) is 0 Å². The van der Waals surface area contributed by atoms with Crippen molar-refractivity contribution in [3.63, 3.8) is 0 Å². The number of benzene rings is 1. The number of thioether (sulfide) groups is 1. The summed E-state index contributed by atoms with van der Waals surface area (Å²) >= 11 is 7.53. The monoisotopic (exact) mass is 283 g/mol. The highest BCUT2D eigenvalue weighted by Crippen LogP contribution is 2.21. The standard InChI is InChI=1S/C12H14ClN3OS/c1-8(6-14)18-7-11-15-12(17-16-11)9-2-4-10(13)5-3-9/h2-5,8H,6-7,14H2,1H3. The average Bonchev–Trinajstić information content (AvgIpc) is 2.85. The Bertz CT molecular complexity index is 500. The summed E-state index contributed by atoms with van der Waals surface area (Å²) in [6, 6.07) is 7.31. The first-order valence-corrected chi connectivity index (χ1v) is 7.02. The van der Waals surface area contributed by atoms with Crippen molar-refractivity contribution in [2.24, 2.45) is 5.73 Å². The van der Waals surface area contributed by atoms with E-state index < -0.39 is 0 Å². The van der Waals surface area contributed by atoms with Crippen LogP contribution < -0.4 is 5.73 Å². The second kappa shape index (κ2) is 6.22. The fourth-order valence-corrected chi connectivity index (χ4v) is 2.12. The molecule has 2 aromatic rings. The van der Waals surface area contributed by atoms with Crippen LogP contribution >= 0.6 is 23.4 Å². The zero-order valence-electron chi connectivity index (χ0n) is 9.97. The van der Waals surface area contributed by atoms with E-state index in [0.717, 1.165) is 5.56 Å². The molecule has 2 N–H and O–H groups in total. The van der Waals surface area contributed by atoms with Gasteiger partial charge in [0.25, 0.3) is 5.89 Å². The lowest BCUT2D eigenvalue weighted by Gasteiger charge is -2.04. The molecule has 96 valence electrons. The Balaban J connectivity index is 2.03. The molecule has 0 bridgehead atoms. The molecule has 4 nitrogen and oxygen atoms in total. The van der Waals surface area contributed by atoms with E-state index in [1.165, 1.54) is 0 Å². The largest absolute Gasteiger partial charge is 0.334 e. The van der Waals surface area contributed by atoms with E-state index in [9.17, 15) is 0 Å². The third kappa shape index (κ3) is 3.48. The molecular weight excluding hydrogens is 270 g/mol. The van der Waals surface area contributed by atoms with Crippen molar-refractivity contribution in [2.75, 3.05) is 6.54 Å². The second-order valence-electron chi connectivity index (χ2n) is 3.88. The predicted molar refractivity (Wildman–Crippen MR) is 74.6 cm³/mol. The average molecular weight is 284 g/mol. The molecule has 1 unspecified atom stereocenters. The minimum atomic E-state index is 0.391. The van der Waals surface area contributed by atoms with Crippen molar-refractivity contribution < 1.29 is 4.52 Å². The van der Waals surface area contributed by atoms with Crippen molar-refractivity contribution in [3.05, 3.63) is 35.1 Å². The molecule has 2 rings (SSSR count). The van der Waals surface area contributed by atoms with E-state index in [1.54, 1.807) is 23.9 Å². The third-order valence-corrected chi connectivity index (χ3v) is 3.83. The molecule has 1 atom stereocenters. The van der Waals surface area contributed by atoms with E-state index in [2.05, 4.69) is 17.1 Å². The van der Waals surface area contributed by atoms with E-state index in [0.29, 0.717) is 34.3 Å². The van der Waals surface area contributed by atoms with Gasteiger partial charge in [-0.1, -0.05) is 23.7 Å². The van der Waals surface area contributed by atoms with E-state index in [1.807, 2.05) is 12.1 Å². The Labute approximate surface area is 115 Å². The number of nitrogens with zero attached hydrogens (tertiary/aromatic N) is 2. The number of rotatable bonds is 5. The smallest absolute Gasteiger partial charge is 0.257 e. The Morgan fingerprint density at radius 1 is 1.39 bits per heavy atom. The molecule has 0 saturated carbocycles. The molecule has 0 spiro atoms. The van der Waals surface area contributed by atoms with Crippen LogP contribution in [0.4, 0.5) is 0 Å². The molecule has 1 aromatic heterocycles. The quantitative estimate of drug-likeness (QED) is 0.914. The number of hydrogen-bond acceptors (Lipinski definition) is 5. The van der Waals surface area contributed by atoms with Gasteiger partial charge in [0, 0.05) is 22.4 Å². The fraction of sp³-hybridized carbons (Fsp3) is 0.333. The number of aromatic nitrogens is 2. The van der Waals surface area contributed by atoms with Gasteiger partial charge in [-0.25, -0.2) is 0 Å². The lowest BCUT2D eigenvalue weighted by molar-refractivity contribution is 0.425. The van der Waals surface area contributed by atoms with Crippen molar-refractivity contribution in [2.45, 2.75) is 17.9 Å². The molecule has 0 fully saturated rings. The summed E-state index contributed by atoms with van der Waals surface area (Å²) in [6.07, 6.45) is 0. The molecule has 1 aromatic carbocycles. The first-order valence-electron chi connectivity index (χ1n) is 5.59. The van der Waals surface area contributed by atoms with Crippen LogP contribution in [0, 0.1) is 0 Å².